The molecule has 0 saturated heterocycles. The van der Waals surface area contributed by atoms with Gasteiger partial charge in [-0.15, -0.1) is 0 Å². The number of aromatic hydroxyl groups is 1. The van der Waals surface area contributed by atoms with Gasteiger partial charge in [-0.2, -0.15) is 0 Å². The van der Waals surface area contributed by atoms with Crippen molar-refractivity contribution in [2.24, 2.45) is 0 Å². The number of esters is 1. The monoisotopic (exact) mass is 344 g/mol. The van der Waals surface area contributed by atoms with Gasteiger partial charge in [0.25, 0.3) is 5.24 Å². The van der Waals surface area contributed by atoms with E-state index in [-0.39, 0.29) is 26.9 Å². The van der Waals surface area contributed by atoms with E-state index in [4.69, 9.17) is 39.5 Å². The Labute approximate surface area is 134 Å². The third kappa shape index (κ3) is 3.29. The van der Waals surface area contributed by atoms with Crippen molar-refractivity contribution in [3.05, 3.63) is 57.6 Å². The second kappa shape index (κ2) is 6.35. The third-order valence-electron chi connectivity index (χ3n) is 2.58. The Bertz CT molecular complexity index is 728. The van der Waals surface area contributed by atoms with Crippen LogP contribution in [0.4, 0.5) is 0 Å². The van der Waals surface area contributed by atoms with E-state index in [0.29, 0.717) is 0 Å². The summed E-state index contributed by atoms with van der Waals surface area (Å²) >= 11 is 17.0. The Morgan fingerprint density at radius 2 is 1.52 bits per heavy atom. The molecule has 0 saturated carbocycles. The Morgan fingerprint density at radius 3 is 2.14 bits per heavy atom. The summed E-state index contributed by atoms with van der Waals surface area (Å²) in [7, 11) is 0. The van der Waals surface area contributed by atoms with Gasteiger partial charge in [-0.05, 0) is 35.9 Å². The topological polar surface area (TPSA) is 63.6 Å². The van der Waals surface area contributed by atoms with E-state index >= 15 is 0 Å². The minimum Gasteiger partial charge on any atom is -0.505 e. The summed E-state index contributed by atoms with van der Waals surface area (Å²) in [6.45, 7) is 0. The fraction of sp³-hybridized carbons (Fsp3) is 0. The van der Waals surface area contributed by atoms with Crippen molar-refractivity contribution in [3.63, 3.8) is 0 Å². The molecule has 0 heterocycles. The maximum absolute atomic E-state index is 12.1. The van der Waals surface area contributed by atoms with E-state index in [9.17, 15) is 14.7 Å². The number of carbonyl (C=O) groups excluding carboxylic acids is 2. The number of halogens is 3. The Kier molecular flexibility index (Phi) is 4.73. The normalized spacial score (nSPS) is 10.2. The van der Waals surface area contributed by atoms with E-state index in [0.717, 1.165) is 0 Å². The molecule has 4 nitrogen and oxygen atoms in total. The van der Waals surface area contributed by atoms with Gasteiger partial charge in [-0.25, -0.2) is 4.79 Å². The molecule has 0 aromatic heterocycles. The number of carbonyl (C=O) groups is 2. The van der Waals surface area contributed by atoms with Gasteiger partial charge in [0, 0.05) is 0 Å². The lowest BCUT2D eigenvalue weighted by Crippen LogP contribution is -2.11. The zero-order chi connectivity index (χ0) is 15.6. The van der Waals surface area contributed by atoms with Gasteiger partial charge in [0.2, 0.25) is 0 Å². The van der Waals surface area contributed by atoms with Crippen LogP contribution < -0.4 is 4.74 Å². The summed E-state index contributed by atoms with van der Waals surface area (Å²) < 4.78 is 5.06. The molecule has 2 aromatic carbocycles. The maximum Gasteiger partial charge on any atom is 0.347 e. The Morgan fingerprint density at radius 1 is 0.952 bits per heavy atom. The predicted octanol–water partition coefficient (Wildman–Crippen LogP) is 4.30. The smallest absolute Gasteiger partial charge is 0.347 e. The van der Waals surface area contributed by atoms with E-state index in [2.05, 4.69) is 0 Å². The second-order valence-corrected chi connectivity index (χ2v) is 5.07. The quantitative estimate of drug-likeness (QED) is 0.512. The number of phenols is 1. The molecule has 0 aliphatic rings. The molecule has 0 unspecified atom stereocenters. The fourth-order valence-electron chi connectivity index (χ4n) is 1.60. The van der Waals surface area contributed by atoms with Gasteiger partial charge < -0.3 is 9.84 Å². The zero-order valence-electron chi connectivity index (χ0n) is 10.3. The summed E-state index contributed by atoms with van der Waals surface area (Å²) in [5.74, 6) is -1.51. The van der Waals surface area contributed by atoms with Crippen molar-refractivity contribution in [2.45, 2.75) is 0 Å². The molecule has 7 heteroatoms. The summed E-state index contributed by atoms with van der Waals surface area (Å²) in [4.78, 5) is 23.4. The van der Waals surface area contributed by atoms with Gasteiger partial charge in [0.1, 0.15) is 11.3 Å². The van der Waals surface area contributed by atoms with Crippen molar-refractivity contribution in [2.75, 3.05) is 0 Å². The minimum absolute atomic E-state index is 0.00254. The largest absolute Gasteiger partial charge is 0.505 e. The lowest BCUT2D eigenvalue weighted by Gasteiger charge is -2.10. The number of phenolic OH excluding ortho intramolecular Hbond substituents is 1. The molecule has 0 aliphatic carbocycles. The van der Waals surface area contributed by atoms with Crippen molar-refractivity contribution in [1.29, 1.82) is 0 Å². The number of rotatable bonds is 3. The van der Waals surface area contributed by atoms with Crippen LogP contribution >= 0.6 is 34.8 Å². The van der Waals surface area contributed by atoms with Crippen LogP contribution in [0.5, 0.6) is 11.5 Å². The molecule has 0 bridgehead atoms. The first-order chi connectivity index (χ1) is 9.91. The van der Waals surface area contributed by atoms with E-state index in [1.165, 1.54) is 36.4 Å². The van der Waals surface area contributed by atoms with Crippen molar-refractivity contribution in [3.8, 4) is 11.5 Å². The van der Waals surface area contributed by atoms with Gasteiger partial charge in [0.05, 0.1) is 15.6 Å². The van der Waals surface area contributed by atoms with Crippen LogP contribution in [0.1, 0.15) is 20.7 Å². The van der Waals surface area contributed by atoms with Crippen molar-refractivity contribution >= 4 is 46.0 Å². The molecule has 0 fully saturated rings. The van der Waals surface area contributed by atoms with Gasteiger partial charge in [-0.1, -0.05) is 35.3 Å². The Hall–Kier alpha value is -1.75. The number of benzene rings is 2. The molecule has 0 atom stereocenters. The van der Waals surface area contributed by atoms with E-state index in [1.54, 1.807) is 0 Å². The lowest BCUT2D eigenvalue weighted by molar-refractivity contribution is 0.0730. The van der Waals surface area contributed by atoms with Crippen LogP contribution in [0.15, 0.2) is 36.4 Å². The number of ether oxygens (including phenoxy) is 1. The number of hydrogen-bond donors (Lipinski definition) is 1. The molecule has 0 spiro atoms. The van der Waals surface area contributed by atoms with Gasteiger partial charge >= 0.3 is 5.97 Å². The van der Waals surface area contributed by atoms with Crippen LogP contribution in [0, 0.1) is 0 Å². The number of hydrogen-bond acceptors (Lipinski definition) is 4. The molecule has 0 amide bonds. The summed E-state index contributed by atoms with van der Waals surface area (Å²) in [6, 6.07) is 8.50. The molecular weight excluding hydrogens is 339 g/mol. The van der Waals surface area contributed by atoms with Crippen LogP contribution in [-0.2, 0) is 0 Å². The molecule has 2 aromatic rings. The van der Waals surface area contributed by atoms with Gasteiger partial charge in [-0.3, -0.25) is 4.79 Å². The molecular formula is C14H7Cl3O4. The molecule has 108 valence electrons. The van der Waals surface area contributed by atoms with Gasteiger partial charge in [0.15, 0.2) is 5.75 Å². The highest BCUT2D eigenvalue weighted by Crippen LogP contribution is 2.32. The Balaban J connectivity index is 2.41. The molecule has 0 aliphatic heterocycles. The minimum atomic E-state index is -0.915. The lowest BCUT2D eigenvalue weighted by atomic mass is 10.2. The van der Waals surface area contributed by atoms with E-state index in [1.807, 2.05) is 0 Å². The van der Waals surface area contributed by atoms with Crippen molar-refractivity contribution in [1.82, 2.24) is 0 Å². The highest BCUT2D eigenvalue weighted by atomic mass is 35.5. The van der Waals surface area contributed by atoms with Crippen LogP contribution in [-0.4, -0.2) is 16.3 Å². The first-order valence-corrected chi connectivity index (χ1v) is 6.73. The fourth-order valence-corrected chi connectivity index (χ4v) is 2.13. The van der Waals surface area contributed by atoms with Crippen molar-refractivity contribution < 1.29 is 19.4 Å². The van der Waals surface area contributed by atoms with E-state index < -0.39 is 17.0 Å². The average molecular weight is 346 g/mol. The highest BCUT2D eigenvalue weighted by molar-refractivity contribution is 6.68. The predicted molar refractivity (Wildman–Crippen MR) is 79.7 cm³/mol. The van der Waals surface area contributed by atoms with Crippen LogP contribution in [0.3, 0.4) is 0 Å². The maximum atomic E-state index is 12.1. The second-order valence-electron chi connectivity index (χ2n) is 3.92. The molecule has 1 N–H and O–H groups in total. The highest BCUT2D eigenvalue weighted by Gasteiger charge is 2.21. The number of para-hydroxylation sites is 2. The van der Waals surface area contributed by atoms with Crippen LogP contribution in [0.2, 0.25) is 10.0 Å². The third-order valence-corrected chi connectivity index (χ3v) is 3.39. The summed E-state index contributed by atoms with van der Waals surface area (Å²) in [5, 5.41) is 8.95. The first kappa shape index (κ1) is 15.6. The molecule has 0 radical (unpaired) electrons. The standard InChI is InChI=1S/C14H7Cl3O4/c15-9-5-1-3-7(11(9)18)14(20)21-12-8(13(17)19)4-2-6-10(12)16/h1-6,18H. The van der Waals surface area contributed by atoms with Crippen LogP contribution in [0.25, 0.3) is 0 Å². The SMILES string of the molecule is O=C(Oc1c(Cl)cccc1C(=O)Cl)c1cccc(Cl)c1O. The molecule has 21 heavy (non-hydrogen) atoms. The average Bonchev–Trinajstić information content (AvgIpc) is 2.43. The zero-order valence-corrected chi connectivity index (χ0v) is 12.5. The summed E-state index contributed by atoms with van der Waals surface area (Å²) in [5.41, 5.74) is -0.213. The first-order valence-electron chi connectivity index (χ1n) is 5.60. The summed E-state index contributed by atoms with van der Waals surface area (Å²) in [6.07, 6.45) is 0. The molecule has 2 rings (SSSR count).